The van der Waals surface area contributed by atoms with Gasteiger partial charge in [0.05, 0.1) is 5.33 Å². The van der Waals surface area contributed by atoms with Crippen molar-refractivity contribution in [2.24, 2.45) is 5.92 Å². The molecule has 2 atom stereocenters. The molecule has 2 N–H and O–H groups in total. The number of hydrogen-bond donors (Lipinski definition) is 2. The van der Waals surface area contributed by atoms with Crippen LogP contribution in [0.2, 0.25) is 18.2 Å². The zero-order chi connectivity index (χ0) is 31.7. The summed E-state index contributed by atoms with van der Waals surface area (Å²) in [5, 5.41) is 21.2. The Hall–Kier alpha value is -3.39. The van der Waals surface area contributed by atoms with Crippen LogP contribution < -0.4 is 11.6 Å². The molecule has 2 heterocycles. The third kappa shape index (κ3) is 10.4. The van der Waals surface area contributed by atoms with Crippen LogP contribution in [0.25, 0.3) is 11.1 Å². The molecule has 0 unspecified atom stereocenters. The van der Waals surface area contributed by atoms with Crippen LogP contribution in [0.5, 0.6) is 0 Å². The van der Waals surface area contributed by atoms with E-state index in [1.807, 2.05) is 12.1 Å². The first kappa shape index (κ1) is 34.1. The Morgan fingerprint density at radius 2 is 1.63 bits per heavy atom. The maximum absolute atomic E-state index is 14.1. The van der Waals surface area contributed by atoms with Gasteiger partial charge in [-0.15, -0.1) is 0 Å². The van der Waals surface area contributed by atoms with E-state index >= 15 is 0 Å². The molecule has 0 aliphatic heterocycles. The lowest BCUT2D eigenvalue weighted by molar-refractivity contribution is -0.156. The highest BCUT2D eigenvalue weighted by Crippen LogP contribution is 2.28. The first-order valence-electron chi connectivity index (χ1n) is 13.2. The summed E-state index contributed by atoms with van der Waals surface area (Å²) in [5.74, 6) is -1.65. The van der Waals surface area contributed by atoms with E-state index in [2.05, 4.69) is 24.8 Å². The molecule has 0 spiro atoms. The van der Waals surface area contributed by atoms with Gasteiger partial charge in [-0.25, -0.2) is 18.8 Å². The number of carbonyl (C=O) groups is 1. The number of aliphatic hydroxyl groups excluding tert-OH is 1. The van der Waals surface area contributed by atoms with Crippen molar-refractivity contribution in [3.63, 3.8) is 0 Å². The maximum Gasteiger partial charge on any atom is 0.519 e. The van der Waals surface area contributed by atoms with Crippen molar-refractivity contribution in [2.45, 2.75) is 57.9 Å². The summed E-state index contributed by atoms with van der Waals surface area (Å²) >= 11 is 9.11. The Morgan fingerprint density at radius 3 is 2.14 bits per heavy atom. The van der Waals surface area contributed by atoms with Crippen molar-refractivity contribution in [2.75, 3.05) is 0 Å². The van der Waals surface area contributed by atoms with Gasteiger partial charge in [-0.05, 0) is 68.3 Å². The summed E-state index contributed by atoms with van der Waals surface area (Å²) in [6.07, 6.45) is -0.543. The number of halogens is 3. The van der Waals surface area contributed by atoms with Crippen LogP contribution in [0.15, 0.2) is 69.7 Å². The fraction of sp³-hybridized carbons (Fsp3) is 0.345. The fourth-order valence-electron chi connectivity index (χ4n) is 4.27. The van der Waals surface area contributed by atoms with Crippen LogP contribution in [0.4, 0.5) is 4.39 Å². The van der Waals surface area contributed by atoms with Gasteiger partial charge in [-0.3, -0.25) is 0 Å². The first-order valence-corrected chi connectivity index (χ1v) is 14.7. The average molecular weight is 684 g/mol. The third-order valence-electron chi connectivity index (χ3n) is 6.36. The highest BCUT2D eigenvalue weighted by molar-refractivity contribution is 9.08. The molecule has 0 amide bonds. The summed E-state index contributed by atoms with van der Waals surface area (Å²) in [7, 11) is 0. The summed E-state index contributed by atoms with van der Waals surface area (Å²) < 4.78 is 37.8. The number of aliphatic hydroxyl groups is 1. The van der Waals surface area contributed by atoms with Crippen LogP contribution >= 0.6 is 27.5 Å². The Bertz CT molecular complexity index is 1610. The van der Waals surface area contributed by atoms with Crippen molar-refractivity contribution >= 4 is 40.4 Å². The smallest absolute Gasteiger partial charge is 0.455 e. The molecule has 230 valence electrons. The number of esters is 1. The Kier molecular flexibility index (Phi) is 12.6. The molecule has 0 fully saturated rings. The second kappa shape index (κ2) is 15.9. The number of rotatable bonds is 11. The van der Waals surface area contributed by atoms with Crippen LogP contribution in [-0.4, -0.2) is 29.1 Å². The van der Waals surface area contributed by atoms with Crippen molar-refractivity contribution in [1.82, 2.24) is 0 Å². The van der Waals surface area contributed by atoms with Gasteiger partial charge in [0.2, 0.25) is 0 Å². The SMILES string of the molecule is CB(O)C[C@H](Cc1ccc(-c2cc(Cl)ccc2F)cc1)C[C@@H](O)C(=O)OCc1oc(=O)oc1C.Cc1oc(=O)oc1CBr. The highest BCUT2D eigenvalue weighted by Gasteiger charge is 2.25. The van der Waals surface area contributed by atoms with E-state index in [0.29, 0.717) is 45.7 Å². The largest absolute Gasteiger partial charge is 0.519 e. The van der Waals surface area contributed by atoms with E-state index in [4.69, 9.17) is 25.2 Å². The molecule has 4 rings (SSSR count). The molecule has 0 saturated carbocycles. The Balaban J connectivity index is 0.000000480. The van der Waals surface area contributed by atoms with E-state index in [1.165, 1.54) is 19.1 Å². The fourth-order valence-corrected chi connectivity index (χ4v) is 4.95. The van der Waals surface area contributed by atoms with Gasteiger partial charge in [0.1, 0.15) is 11.6 Å². The second-order valence-electron chi connectivity index (χ2n) is 9.84. The first-order chi connectivity index (χ1) is 20.4. The molecule has 43 heavy (non-hydrogen) atoms. The summed E-state index contributed by atoms with van der Waals surface area (Å²) in [6.45, 7) is 3.83. The van der Waals surface area contributed by atoms with Gasteiger partial charge in [0.15, 0.2) is 30.0 Å². The van der Waals surface area contributed by atoms with Gasteiger partial charge < -0.3 is 32.5 Å². The third-order valence-corrected chi connectivity index (χ3v) is 7.10. The van der Waals surface area contributed by atoms with E-state index in [9.17, 15) is 28.9 Å². The lowest BCUT2D eigenvalue weighted by Crippen LogP contribution is -2.28. The number of carbonyl (C=O) groups excluding carboxylic acids is 1. The number of benzene rings is 2. The quantitative estimate of drug-likeness (QED) is 0.114. The van der Waals surface area contributed by atoms with Crippen molar-refractivity contribution < 1.29 is 41.7 Å². The molecule has 2 aromatic heterocycles. The molecule has 0 saturated heterocycles. The predicted molar refractivity (Wildman–Crippen MR) is 160 cm³/mol. The molecule has 0 bridgehead atoms. The average Bonchev–Trinajstić information content (AvgIpc) is 3.46. The van der Waals surface area contributed by atoms with Gasteiger partial charge in [0, 0.05) is 10.6 Å². The molecule has 2 aromatic carbocycles. The van der Waals surface area contributed by atoms with Crippen molar-refractivity contribution in [3.8, 4) is 11.1 Å². The molecule has 0 aliphatic carbocycles. The molecule has 14 heteroatoms. The maximum atomic E-state index is 14.1. The van der Waals surface area contributed by atoms with Gasteiger partial charge in [-0.1, -0.05) is 58.6 Å². The van der Waals surface area contributed by atoms with Gasteiger partial charge in [0.25, 0.3) is 6.92 Å². The van der Waals surface area contributed by atoms with E-state index in [0.717, 1.165) is 5.56 Å². The van der Waals surface area contributed by atoms with E-state index in [-0.39, 0.29) is 36.3 Å². The van der Waals surface area contributed by atoms with Crippen molar-refractivity contribution in [1.29, 1.82) is 0 Å². The number of aryl methyl sites for hydroxylation is 2. The number of ether oxygens (including phenoxy) is 1. The molecule has 0 aliphatic rings. The minimum atomic E-state index is -1.43. The normalized spacial score (nSPS) is 12.3. The molecular weight excluding hydrogens is 653 g/mol. The lowest BCUT2D eigenvalue weighted by atomic mass is 9.62. The Morgan fingerprint density at radius 1 is 1.02 bits per heavy atom. The lowest BCUT2D eigenvalue weighted by Gasteiger charge is -2.20. The monoisotopic (exact) mass is 682 g/mol. The summed E-state index contributed by atoms with van der Waals surface area (Å²) in [5.41, 5.74) is 1.95. The second-order valence-corrected chi connectivity index (χ2v) is 10.8. The standard InChI is InChI=1S/C24H25BClFO7.C5H5BrO3/c1-14-22(34-24(30)33-14)13-32-23(29)21(28)10-16(12-25(2)31)9-15-3-5-17(6-4-15)19-11-18(26)7-8-20(19)27;1-3-4(2-6)9-5(7)8-3/h3-8,11,16,21,28,31H,9-10,12-13H2,1-2H3;2H2,1H3/t16-,21-;/m1./s1. The van der Waals surface area contributed by atoms with Crippen LogP contribution in [0.3, 0.4) is 0 Å². The summed E-state index contributed by atoms with van der Waals surface area (Å²) in [6, 6.07) is 11.6. The van der Waals surface area contributed by atoms with E-state index < -0.39 is 30.6 Å². The number of hydrogen-bond acceptors (Lipinski definition) is 10. The number of alkyl halides is 1. The minimum absolute atomic E-state index is 0.0583. The van der Waals surface area contributed by atoms with Gasteiger partial charge in [-0.2, -0.15) is 0 Å². The predicted octanol–water partition coefficient (Wildman–Crippen LogP) is 5.70. The van der Waals surface area contributed by atoms with E-state index in [1.54, 1.807) is 31.9 Å². The van der Waals surface area contributed by atoms with Crippen LogP contribution in [-0.2, 0) is 27.9 Å². The van der Waals surface area contributed by atoms with Crippen LogP contribution in [0.1, 0.15) is 35.0 Å². The minimum Gasteiger partial charge on any atom is -0.455 e. The zero-order valence-electron chi connectivity index (χ0n) is 23.6. The molecule has 0 radical (unpaired) electrons. The Labute approximate surface area is 259 Å². The zero-order valence-corrected chi connectivity index (χ0v) is 25.9. The van der Waals surface area contributed by atoms with Crippen LogP contribution in [0, 0.1) is 25.6 Å². The van der Waals surface area contributed by atoms with Crippen molar-refractivity contribution in [3.05, 3.63) is 103 Å². The highest BCUT2D eigenvalue weighted by atomic mass is 79.9. The molecule has 10 nitrogen and oxygen atoms in total. The summed E-state index contributed by atoms with van der Waals surface area (Å²) in [4.78, 5) is 33.6. The topological polar surface area (TPSA) is 153 Å². The molecular formula is C29H30BBrClFO10. The molecule has 4 aromatic rings. The van der Waals surface area contributed by atoms with Gasteiger partial charge >= 0.3 is 17.6 Å².